The molecule has 0 saturated carbocycles. The number of hydrogen-bond donors (Lipinski definition) is 0. The van der Waals surface area contributed by atoms with Crippen LogP contribution >= 0.6 is 0 Å². The molecule has 0 amide bonds. The number of esters is 2. The molecular formula is C18H18O4. The maximum absolute atomic E-state index is 11.5. The fourth-order valence-corrected chi connectivity index (χ4v) is 1.97. The van der Waals surface area contributed by atoms with E-state index in [0.29, 0.717) is 23.3 Å². The minimum Gasteiger partial charge on any atom is -0.454 e. The van der Waals surface area contributed by atoms with Crippen molar-refractivity contribution in [2.75, 3.05) is 0 Å². The first-order valence-corrected chi connectivity index (χ1v) is 6.93. The van der Waals surface area contributed by atoms with Crippen molar-refractivity contribution in [2.45, 2.75) is 26.4 Å². The Morgan fingerprint density at radius 2 is 1.77 bits per heavy atom. The van der Waals surface area contributed by atoms with Gasteiger partial charge in [0.2, 0.25) is 0 Å². The SMILES string of the molecule is C=C(C)C(=O)Oc1ccc2c(c1)=CCC(OC(=O)C(=C)C)C=2. The molecular weight excluding hydrogens is 280 g/mol. The molecule has 0 radical (unpaired) electrons. The Labute approximate surface area is 129 Å². The average Bonchev–Trinajstić information content (AvgIpc) is 2.47. The van der Waals surface area contributed by atoms with Crippen LogP contribution in [-0.4, -0.2) is 18.0 Å². The first kappa shape index (κ1) is 15.8. The van der Waals surface area contributed by atoms with Crippen molar-refractivity contribution in [3.8, 4) is 5.75 Å². The molecule has 1 atom stereocenters. The van der Waals surface area contributed by atoms with Crippen LogP contribution in [0.25, 0.3) is 12.2 Å². The zero-order chi connectivity index (χ0) is 16.3. The van der Waals surface area contributed by atoms with Crippen molar-refractivity contribution in [2.24, 2.45) is 0 Å². The van der Waals surface area contributed by atoms with Gasteiger partial charge in [0.1, 0.15) is 11.9 Å². The van der Waals surface area contributed by atoms with Crippen molar-refractivity contribution >= 4 is 24.1 Å². The molecule has 0 spiro atoms. The molecule has 4 heteroatoms. The predicted octanol–water partition coefficient (Wildman–Crippen LogP) is 1.62. The molecule has 0 saturated heterocycles. The number of carbonyl (C=O) groups excluding carboxylic acids is 2. The highest BCUT2D eigenvalue weighted by Gasteiger charge is 2.14. The van der Waals surface area contributed by atoms with Crippen molar-refractivity contribution in [3.63, 3.8) is 0 Å². The van der Waals surface area contributed by atoms with E-state index in [1.54, 1.807) is 26.0 Å². The highest BCUT2D eigenvalue weighted by Crippen LogP contribution is 2.10. The topological polar surface area (TPSA) is 52.6 Å². The molecule has 22 heavy (non-hydrogen) atoms. The lowest BCUT2D eigenvalue weighted by molar-refractivity contribution is -0.141. The van der Waals surface area contributed by atoms with Crippen LogP contribution in [0, 0.1) is 0 Å². The quantitative estimate of drug-likeness (QED) is 0.481. The molecule has 1 aromatic rings. The fraction of sp³-hybridized carbons (Fsp3) is 0.222. The summed E-state index contributed by atoms with van der Waals surface area (Å²) in [7, 11) is 0. The third-order valence-electron chi connectivity index (χ3n) is 3.16. The van der Waals surface area contributed by atoms with Crippen LogP contribution in [0.4, 0.5) is 0 Å². The van der Waals surface area contributed by atoms with Gasteiger partial charge in [-0.2, -0.15) is 0 Å². The molecule has 0 fully saturated rings. The molecule has 0 aromatic heterocycles. The molecule has 4 nitrogen and oxygen atoms in total. The Balaban J connectivity index is 2.20. The second kappa shape index (κ2) is 6.43. The van der Waals surface area contributed by atoms with Gasteiger partial charge in [0.05, 0.1) is 0 Å². The summed E-state index contributed by atoms with van der Waals surface area (Å²) >= 11 is 0. The normalized spacial score (nSPS) is 15.6. The molecule has 1 aliphatic carbocycles. The van der Waals surface area contributed by atoms with Crippen LogP contribution in [0.1, 0.15) is 20.3 Å². The van der Waals surface area contributed by atoms with Crippen molar-refractivity contribution in [3.05, 3.63) is 52.9 Å². The maximum atomic E-state index is 11.5. The standard InChI is InChI=1S/C18H18O4/c1-11(2)17(19)21-15-7-5-14-10-16(8-6-13(14)9-15)22-18(20)12(3)4/h5-7,9-10,16H,1,3,8H2,2,4H3. The number of rotatable bonds is 4. The zero-order valence-corrected chi connectivity index (χ0v) is 12.7. The van der Waals surface area contributed by atoms with Gasteiger partial charge in [-0.05, 0) is 42.5 Å². The lowest BCUT2D eigenvalue weighted by Gasteiger charge is -2.15. The lowest BCUT2D eigenvalue weighted by Crippen LogP contribution is -2.32. The monoisotopic (exact) mass is 298 g/mol. The van der Waals surface area contributed by atoms with Gasteiger partial charge in [0.25, 0.3) is 0 Å². The minimum atomic E-state index is -0.451. The molecule has 1 unspecified atom stereocenters. The van der Waals surface area contributed by atoms with Gasteiger partial charge in [-0.1, -0.05) is 25.3 Å². The Hall–Kier alpha value is -2.62. The Morgan fingerprint density at radius 3 is 2.41 bits per heavy atom. The Bertz CT molecular complexity index is 771. The highest BCUT2D eigenvalue weighted by atomic mass is 16.5. The van der Waals surface area contributed by atoms with E-state index in [4.69, 9.17) is 9.47 Å². The van der Waals surface area contributed by atoms with E-state index < -0.39 is 11.9 Å². The Morgan fingerprint density at radius 1 is 1.09 bits per heavy atom. The number of benzene rings is 1. The van der Waals surface area contributed by atoms with E-state index in [1.807, 2.05) is 18.2 Å². The van der Waals surface area contributed by atoms with Crippen LogP contribution in [-0.2, 0) is 14.3 Å². The summed E-state index contributed by atoms with van der Waals surface area (Å²) in [6, 6.07) is 5.31. The number of carbonyl (C=O) groups is 2. The van der Waals surface area contributed by atoms with Gasteiger partial charge < -0.3 is 9.47 Å². The zero-order valence-electron chi connectivity index (χ0n) is 12.7. The molecule has 0 aliphatic heterocycles. The lowest BCUT2D eigenvalue weighted by atomic mass is 10.1. The first-order chi connectivity index (χ1) is 10.4. The Kier molecular flexibility index (Phi) is 4.61. The third-order valence-corrected chi connectivity index (χ3v) is 3.16. The summed E-state index contributed by atoms with van der Waals surface area (Å²) in [6.07, 6.45) is 4.09. The average molecular weight is 298 g/mol. The second-order valence-electron chi connectivity index (χ2n) is 5.29. The predicted molar refractivity (Wildman–Crippen MR) is 84.4 cm³/mol. The summed E-state index contributed by atoms with van der Waals surface area (Å²) in [5.41, 5.74) is 0.723. The molecule has 0 N–H and O–H groups in total. The summed E-state index contributed by atoms with van der Waals surface area (Å²) in [6.45, 7) is 10.3. The number of ether oxygens (including phenoxy) is 2. The summed E-state index contributed by atoms with van der Waals surface area (Å²) in [5, 5.41) is 1.87. The largest absolute Gasteiger partial charge is 0.454 e. The van der Waals surface area contributed by atoms with Gasteiger partial charge in [0.15, 0.2) is 0 Å². The molecule has 2 rings (SSSR count). The van der Waals surface area contributed by atoms with Crippen LogP contribution < -0.4 is 15.2 Å². The second-order valence-corrected chi connectivity index (χ2v) is 5.29. The van der Waals surface area contributed by atoms with E-state index in [0.717, 1.165) is 10.4 Å². The number of hydrogen-bond acceptors (Lipinski definition) is 4. The highest BCUT2D eigenvalue weighted by molar-refractivity contribution is 5.89. The van der Waals surface area contributed by atoms with Gasteiger partial charge in [-0.15, -0.1) is 0 Å². The van der Waals surface area contributed by atoms with E-state index in [-0.39, 0.29) is 6.10 Å². The summed E-state index contributed by atoms with van der Waals surface area (Å²) in [4.78, 5) is 23.1. The van der Waals surface area contributed by atoms with Gasteiger partial charge in [0, 0.05) is 17.6 Å². The molecule has 1 aromatic carbocycles. The van der Waals surface area contributed by atoms with Crippen molar-refractivity contribution in [1.29, 1.82) is 0 Å². The van der Waals surface area contributed by atoms with Crippen molar-refractivity contribution < 1.29 is 19.1 Å². The third kappa shape index (κ3) is 3.73. The van der Waals surface area contributed by atoms with Crippen molar-refractivity contribution in [1.82, 2.24) is 0 Å². The van der Waals surface area contributed by atoms with Gasteiger partial charge in [-0.25, -0.2) is 9.59 Å². The van der Waals surface area contributed by atoms with E-state index in [1.165, 1.54) is 0 Å². The number of fused-ring (bicyclic) bond motifs is 1. The van der Waals surface area contributed by atoms with E-state index >= 15 is 0 Å². The molecule has 0 bridgehead atoms. The van der Waals surface area contributed by atoms with Gasteiger partial charge >= 0.3 is 11.9 Å². The van der Waals surface area contributed by atoms with Crippen LogP contribution in [0.15, 0.2) is 42.5 Å². The summed E-state index contributed by atoms with van der Waals surface area (Å²) in [5.74, 6) is -0.383. The van der Waals surface area contributed by atoms with Crippen LogP contribution in [0.3, 0.4) is 0 Å². The van der Waals surface area contributed by atoms with Crippen LogP contribution in [0.2, 0.25) is 0 Å². The summed E-state index contributed by atoms with van der Waals surface area (Å²) < 4.78 is 10.5. The van der Waals surface area contributed by atoms with E-state index in [9.17, 15) is 9.59 Å². The fourth-order valence-electron chi connectivity index (χ4n) is 1.97. The smallest absolute Gasteiger partial charge is 0.338 e. The first-order valence-electron chi connectivity index (χ1n) is 6.93. The molecule has 114 valence electrons. The van der Waals surface area contributed by atoms with Crippen LogP contribution in [0.5, 0.6) is 5.75 Å². The molecule has 1 aliphatic rings. The minimum absolute atomic E-state index is 0.305. The van der Waals surface area contributed by atoms with E-state index in [2.05, 4.69) is 13.2 Å². The van der Waals surface area contributed by atoms with Gasteiger partial charge in [-0.3, -0.25) is 0 Å². The molecule has 0 heterocycles. The maximum Gasteiger partial charge on any atom is 0.338 e.